The van der Waals surface area contributed by atoms with Gasteiger partial charge in [0.1, 0.15) is 0 Å². The van der Waals surface area contributed by atoms with E-state index in [-0.39, 0.29) is 0 Å². The fourth-order valence-electron chi connectivity index (χ4n) is 4.04. The highest BCUT2D eigenvalue weighted by Crippen LogP contribution is 2.59. The van der Waals surface area contributed by atoms with Crippen molar-refractivity contribution in [2.75, 3.05) is 26.8 Å². The number of methoxy groups -OCH3 is 1. The van der Waals surface area contributed by atoms with E-state index in [1.807, 2.05) is 0 Å². The lowest BCUT2D eigenvalue weighted by Gasteiger charge is -2.57. The molecule has 0 aromatic heterocycles. The van der Waals surface area contributed by atoms with Crippen LogP contribution >= 0.6 is 0 Å². The first-order valence-electron chi connectivity index (χ1n) is 8.36. The predicted molar refractivity (Wildman–Crippen MR) is 89.9 cm³/mol. The second-order valence-electron chi connectivity index (χ2n) is 6.88. The van der Waals surface area contributed by atoms with Crippen molar-refractivity contribution in [1.29, 1.82) is 0 Å². The Labute approximate surface area is 130 Å². The SMILES string of the molecule is CCC1(CC)CC(CNCCOC)(c2cccc(C)c2)C1. The molecule has 2 nitrogen and oxygen atoms in total. The monoisotopic (exact) mass is 289 g/mol. The summed E-state index contributed by atoms with van der Waals surface area (Å²) < 4.78 is 5.15. The third-order valence-electron chi connectivity index (χ3n) is 5.50. The number of aryl methyl sites for hydroxylation is 1. The highest BCUT2D eigenvalue weighted by Gasteiger charge is 2.52. The van der Waals surface area contributed by atoms with Crippen molar-refractivity contribution < 1.29 is 4.74 Å². The van der Waals surface area contributed by atoms with Crippen LogP contribution in [0.4, 0.5) is 0 Å². The van der Waals surface area contributed by atoms with Crippen molar-refractivity contribution in [1.82, 2.24) is 5.32 Å². The van der Waals surface area contributed by atoms with Gasteiger partial charge in [0.2, 0.25) is 0 Å². The summed E-state index contributed by atoms with van der Waals surface area (Å²) in [4.78, 5) is 0. The van der Waals surface area contributed by atoms with Gasteiger partial charge in [0.15, 0.2) is 0 Å². The smallest absolute Gasteiger partial charge is 0.0587 e. The lowest BCUT2D eigenvalue weighted by atomic mass is 9.48. The number of ether oxygens (including phenoxy) is 1. The van der Waals surface area contributed by atoms with E-state index < -0.39 is 0 Å². The minimum atomic E-state index is 0.325. The van der Waals surface area contributed by atoms with Crippen LogP contribution < -0.4 is 5.32 Å². The molecule has 1 aromatic rings. The van der Waals surface area contributed by atoms with Crippen LogP contribution in [0.2, 0.25) is 0 Å². The Morgan fingerprint density at radius 1 is 1.19 bits per heavy atom. The molecule has 1 fully saturated rings. The normalized spacial score (nSPS) is 19.2. The number of nitrogens with one attached hydrogen (secondary N) is 1. The molecule has 2 heteroatoms. The van der Waals surface area contributed by atoms with E-state index >= 15 is 0 Å². The number of rotatable bonds is 8. The van der Waals surface area contributed by atoms with Gasteiger partial charge in [-0.25, -0.2) is 0 Å². The summed E-state index contributed by atoms with van der Waals surface area (Å²) in [6, 6.07) is 9.11. The summed E-state index contributed by atoms with van der Waals surface area (Å²) in [7, 11) is 1.76. The highest BCUT2D eigenvalue weighted by atomic mass is 16.5. The first-order valence-corrected chi connectivity index (χ1v) is 8.36. The third kappa shape index (κ3) is 3.49. The van der Waals surface area contributed by atoms with Crippen LogP contribution in [0.15, 0.2) is 24.3 Å². The lowest BCUT2D eigenvalue weighted by Crippen LogP contribution is -2.54. The van der Waals surface area contributed by atoms with Crippen LogP contribution in [0.3, 0.4) is 0 Å². The van der Waals surface area contributed by atoms with Gasteiger partial charge < -0.3 is 10.1 Å². The average Bonchev–Trinajstić information content (AvgIpc) is 2.46. The minimum Gasteiger partial charge on any atom is -0.383 e. The molecule has 1 aliphatic rings. The van der Waals surface area contributed by atoms with Gasteiger partial charge in [0, 0.05) is 25.6 Å². The molecule has 0 amide bonds. The molecule has 21 heavy (non-hydrogen) atoms. The Hall–Kier alpha value is -0.860. The van der Waals surface area contributed by atoms with Crippen molar-refractivity contribution in [3.63, 3.8) is 0 Å². The molecule has 118 valence electrons. The summed E-state index contributed by atoms with van der Waals surface area (Å²) in [5, 5.41) is 3.61. The van der Waals surface area contributed by atoms with Gasteiger partial charge in [-0.2, -0.15) is 0 Å². The Kier molecular flexibility index (Phi) is 5.45. The third-order valence-corrected chi connectivity index (χ3v) is 5.50. The minimum absolute atomic E-state index is 0.325. The molecule has 0 spiro atoms. The zero-order valence-electron chi connectivity index (χ0n) is 14.2. The molecule has 1 aromatic carbocycles. The largest absolute Gasteiger partial charge is 0.383 e. The molecule has 1 aliphatic carbocycles. The molecule has 0 radical (unpaired) electrons. The predicted octanol–water partition coefficient (Wildman–Crippen LogP) is 4.07. The maximum absolute atomic E-state index is 5.15. The molecular weight excluding hydrogens is 258 g/mol. The van der Waals surface area contributed by atoms with Crippen LogP contribution in [0.25, 0.3) is 0 Å². The van der Waals surface area contributed by atoms with Crippen molar-refractivity contribution in [3.05, 3.63) is 35.4 Å². The van der Waals surface area contributed by atoms with Gasteiger partial charge in [0.25, 0.3) is 0 Å². The van der Waals surface area contributed by atoms with Gasteiger partial charge in [0.05, 0.1) is 6.61 Å². The quantitative estimate of drug-likeness (QED) is 0.728. The topological polar surface area (TPSA) is 21.3 Å². The zero-order valence-corrected chi connectivity index (χ0v) is 14.2. The van der Waals surface area contributed by atoms with Crippen LogP contribution in [-0.4, -0.2) is 26.8 Å². The number of hydrogen-bond donors (Lipinski definition) is 1. The number of hydrogen-bond acceptors (Lipinski definition) is 2. The molecule has 0 aliphatic heterocycles. The van der Waals surface area contributed by atoms with E-state index in [0.29, 0.717) is 10.8 Å². The summed E-state index contributed by atoms with van der Waals surface area (Å²) >= 11 is 0. The molecule has 0 saturated heterocycles. The van der Waals surface area contributed by atoms with E-state index in [4.69, 9.17) is 4.74 Å². The van der Waals surface area contributed by atoms with Gasteiger partial charge in [-0.05, 0) is 30.7 Å². The van der Waals surface area contributed by atoms with Gasteiger partial charge in [-0.1, -0.05) is 56.5 Å². The van der Waals surface area contributed by atoms with E-state index in [2.05, 4.69) is 50.4 Å². The molecule has 1 saturated carbocycles. The van der Waals surface area contributed by atoms with Crippen molar-refractivity contribution in [2.45, 2.75) is 51.9 Å². The zero-order chi connectivity index (χ0) is 15.3. The molecule has 1 N–H and O–H groups in total. The molecule has 0 bridgehead atoms. The maximum atomic E-state index is 5.15. The van der Waals surface area contributed by atoms with Crippen LogP contribution in [0.5, 0.6) is 0 Å². The Bertz CT molecular complexity index is 443. The van der Waals surface area contributed by atoms with Crippen molar-refractivity contribution in [2.24, 2.45) is 5.41 Å². The summed E-state index contributed by atoms with van der Waals surface area (Å²) in [5.74, 6) is 0. The second-order valence-corrected chi connectivity index (χ2v) is 6.88. The molecule has 0 atom stereocenters. The fourth-order valence-corrected chi connectivity index (χ4v) is 4.04. The van der Waals surface area contributed by atoms with E-state index in [1.165, 1.54) is 36.8 Å². The van der Waals surface area contributed by atoms with Crippen LogP contribution in [0.1, 0.15) is 50.7 Å². The van der Waals surface area contributed by atoms with E-state index in [9.17, 15) is 0 Å². The average molecular weight is 289 g/mol. The summed E-state index contributed by atoms with van der Waals surface area (Å²) in [6.07, 6.45) is 5.23. The molecule has 0 unspecified atom stereocenters. The summed E-state index contributed by atoms with van der Waals surface area (Å²) in [6.45, 7) is 9.69. The fraction of sp³-hybridized carbons (Fsp3) is 0.684. The van der Waals surface area contributed by atoms with E-state index in [0.717, 1.165) is 19.7 Å². The van der Waals surface area contributed by atoms with Crippen molar-refractivity contribution >= 4 is 0 Å². The molecule has 2 rings (SSSR count). The van der Waals surface area contributed by atoms with Gasteiger partial charge in [-0.3, -0.25) is 0 Å². The Morgan fingerprint density at radius 2 is 1.90 bits per heavy atom. The maximum Gasteiger partial charge on any atom is 0.0587 e. The van der Waals surface area contributed by atoms with Crippen molar-refractivity contribution in [3.8, 4) is 0 Å². The number of benzene rings is 1. The Morgan fingerprint density at radius 3 is 2.48 bits per heavy atom. The standard InChI is InChI=1S/C19H31NO/c1-5-18(6-2)13-19(14-18,15-20-10-11-21-4)17-9-7-8-16(3)12-17/h7-9,12,20H,5-6,10-11,13-15H2,1-4H3. The van der Waals surface area contributed by atoms with E-state index in [1.54, 1.807) is 7.11 Å². The second kappa shape index (κ2) is 6.93. The van der Waals surface area contributed by atoms with Crippen LogP contribution in [-0.2, 0) is 10.2 Å². The van der Waals surface area contributed by atoms with Crippen LogP contribution in [0, 0.1) is 12.3 Å². The van der Waals surface area contributed by atoms with Gasteiger partial charge >= 0.3 is 0 Å². The summed E-state index contributed by atoms with van der Waals surface area (Å²) in [5.41, 5.74) is 3.78. The molecular formula is C19H31NO. The Balaban J connectivity index is 2.13. The first kappa shape index (κ1) is 16.5. The lowest BCUT2D eigenvalue weighted by molar-refractivity contribution is 0.0121. The van der Waals surface area contributed by atoms with Gasteiger partial charge in [-0.15, -0.1) is 0 Å². The molecule has 0 heterocycles. The highest BCUT2D eigenvalue weighted by molar-refractivity contribution is 5.34. The first-order chi connectivity index (χ1) is 10.1.